The van der Waals surface area contributed by atoms with Gasteiger partial charge in [-0.3, -0.25) is 4.79 Å². The highest BCUT2D eigenvalue weighted by Crippen LogP contribution is 2.35. The average molecular weight is 323 g/mol. The second-order valence-electron chi connectivity index (χ2n) is 5.93. The lowest BCUT2D eigenvalue weighted by molar-refractivity contribution is -0.138. The minimum atomic E-state index is -0.690. The molecule has 1 N–H and O–H groups in total. The van der Waals surface area contributed by atoms with Crippen molar-refractivity contribution in [1.82, 2.24) is 0 Å². The molecule has 0 amide bonds. The number of ether oxygens (including phenoxy) is 1. The van der Waals surface area contributed by atoms with Crippen LogP contribution >= 0.6 is 11.6 Å². The number of carbonyl (C=O) groups is 1. The number of hydrogen-bond acceptors (Lipinski definition) is 2. The van der Waals surface area contributed by atoms with E-state index in [1.807, 2.05) is 25.1 Å². The summed E-state index contributed by atoms with van der Waals surface area (Å²) in [6, 6.07) is 5.70. The zero-order valence-electron chi connectivity index (χ0n) is 12.9. The second-order valence-corrected chi connectivity index (χ2v) is 6.34. The number of aryl methyl sites for hydroxylation is 1. The third-order valence-corrected chi connectivity index (χ3v) is 4.64. The first-order chi connectivity index (χ1) is 10.6. The average Bonchev–Trinajstić information content (AvgIpc) is 2.89. The Balaban J connectivity index is 1.73. The van der Waals surface area contributed by atoms with Crippen molar-refractivity contribution in [1.29, 1.82) is 0 Å². The number of hydrogen-bond donors (Lipinski definition) is 1. The van der Waals surface area contributed by atoms with Crippen molar-refractivity contribution in [2.45, 2.75) is 39.0 Å². The Hall–Kier alpha value is -1.48. The van der Waals surface area contributed by atoms with Crippen molar-refractivity contribution >= 4 is 17.6 Å². The maximum Gasteiger partial charge on any atom is 0.303 e. The monoisotopic (exact) mass is 322 g/mol. The predicted octanol–water partition coefficient (Wildman–Crippen LogP) is 4.86. The van der Waals surface area contributed by atoms with Gasteiger partial charge in [0.2, 0.25) is 0 Å². The normalized spacial score (nSPS) is 21.4. The molecule has 2 atom stereocenters. The van der Waals surface area contributed by atoms with Crippen LogP contribution in [0, 0.1) is 18.8 Å². The van der Waals surface area contributed by atoms with E-state index in [2.05, 4.69) is 12.2 Å². The number of benzene rings is 1. The Labute approximate surface area is 136 Å². The van der Waals surface area contributed by atoms with Crippen LogP contribution in [0.1, 0.15) is 37.7 Å². The largest absolute Gasteiger partial charge is 0.493 e. The lowest BCUT2D eigenvalue weighted by Crippen LogP contribution is -2.11. The fourth-order valence-electron chi connectivity index (χ4n) is 2.98. The van der Waals surface area contributed by atoms with Crippen molar-refractivity contribution in [2.75, 3.05) is 6.61 Å². The molecule has 1 fully saturated rings. The van der Waals surface area contributed by atoms with Crippen molar-refractivity contribution < 1.29 is 14.6 Å². The fourth-order valence-corrected chi connectivity index (χ4v) is 3.15. The smallest absolute Gasteiger partial charge is 0.303 e. The SMILES string of the molecule is Cc1ccc(OCC/C=C/C2CCC[C@@H]2CC(=O)O)cc1Cl. The molecule has 0 saturated heterocycles. The van der Waals surface area contributed by atoms with Gasteiger partial charge in [0, 0.05) is 11.4 Å². The van der Waals surface area contributed by atoms with Gasteiger partial charge in [-0.2, -0.15) is 0 Å². The van der Waals surface area contributed by atoms with Gasteiger partial charge in [0.1, 0.15) is 5.75 Å². The molecule has 0 bridgehead atoms. The van der Waals surface area contributed by atoms with Crippen LogP contribution in [-0.4, -0.2) is 17.7 Å². The summed E-state index contributed by atoms with van der Waals surface area (Å²) in [6.45, 7) is 2.57. The molecular weight excluding hydrogens is 300 g/mol. The summed E-state index contributed by atoms with van der Waals surface area (Å²) in [5, 5.41) is 9.63. The Morgan fingerprint density at radius 1 is 1.45 bits per heavy atom. The van der Waals surface area contributed by atoms with E-state index in [9.17, 15) is 4.79 Å². The first-order valence-corrected chi connectivity index (χ1v) is 8.21. The van der Waals surface area contributed by atoms with E-state index < -0.39 is 5.97 Å². The van der Waals surface area contributed by atoms with E-state index in [1.54, 1.807) is 0 Å². The van der Waals surface area contributed by atoms with Crippen molar-refractivity contribution in [3.05, 3.63) is 40.9 Å². The Bertz CT molecular complexity index is 539. The molecule has 1 unspecified atom stereocenters. The highest BCUT2D eigenvalue weighted by molar-refractivity contribution is 6.31. The van der Waals surface area contributed by atoms with Crippen molar-refractivity contribution in [3.8, 4) is 5.75 Å². The van der Waals surface area contributed by atoms with Crippen LogP contribution < -0.4 is 4.74 Å². The topological polar surface area (TPSA) is 46.5 Å². The maximum atomic E-state index is 10.8. The molecule has 1 aliphatic rings. The molecule has 2 rings (SSSR count). The predicted molar refractivity (Wildman–Crippen MR) is 88.5 cm³/mol. The lowest BCUT2D eigenvalue weighted by Gasteiger charge is -2.13. The summed E-state index contributed by atoms with van der Waals surface area (Å²) in [4.78, 5) is 10.8. The van der Waals surface area contributed by atoms with Gasteiger partial charge < -0.3 is 9.84 Å². The van der Waals surface area contributed by atoms with Gasteiger partial charge in [-0.15, -0.1) is 0 Å². The van der Waals surface area contributed by atoms with Crippen LogP contribution in [-0.2, 0) is 4.79 Å². The zero-order chi connectivity index (χ0) is 15.9. The molecule has 0 heterocycles. The number of carboxylic acids is 1. The van der Waals surface area contributed by atoms with Crippen LogP contribution in [0.3, 0.4) is 0 Å². The minimum Gasteiger partial charge on any atom is -0.493 e. The second kappa shape index (κ2) is 8.23. The first kappa shape index (κ1) is 16.9. The van der Waals surface area contributed by atoms with Gasteiger partial charge in [0.25, 0.3) is 0 Å². The molecule has 0 aromatic heterocycles. The van der Waals surface area contributed by atoms with Crippen LogP contribution in [0.5, 0.6) is 5.75 Å². The van der Waals surface area contributed by atoms with Crippen LogP contribution in [0.4, 0.5) is 0 Å². The third-order valence-electron chi connectivity index (χ3n) is 4.23. The van der Waals surface area contributed by atoms with Crippen LogP contribution in [0.15, 0.2) is 30.4 Å². The van der Waals surface area contributed by atoms with Gasteiger partial charge in [0.15, 0.2) is 0 Å². The van der Waals surface area contributed by atoms with Gasteiger partial charge in [-0.05, 0) is 55.7 Å². The third kappa shape index (κ3) is 5.06. The highest BCUT2D eigenvalue weighted by Gasteiger charge is 2.26. The van der Waals surface area contributed by atoms with E-state index in [4.69, 9.17) is 21.4 Å². The molecule has 4 heteroatoms. The van der Waals surface area contributed by atoms with E-state index in [-0.39, 0.29) is 6.42 Å². The number of aliphatic carboxylic acids is 1. The molecule has 22 heavy (non-hydrogen) atoms. The molecule has 1 aliphatic carbocycles. The standard InChI is InChI=1S/C18H23ClO3/c1-13-8-9-16(12-17(13)19)22-10-3-2-5-14-6-4-7-15(14)11-18(20)21/h2,5,8-9,12,14-15H,3-4,6-7,10-11H2,1H3,(H,20,21)/b5-2+/t14?,15-/m1/s1. The molecule has 0 radical (unpaired) electrons. The first-order valence-electron chi connectivity index (χ1n) is 7.83. The number of carboxylic acid groups (broad SMARTS) is 1. The van der Waals surface area contributed by atoms with Gasteiger partial charge in [-0.1, -0.05) is 36.2 Å². The molecule has 0 spiro atoms. The Morgan fingerprint density at radius 2 is 2.27 bits per heavy atom. The molecule has 1 saturated carbocycles. The number of rotatable bonds is 7. The quantitative estimate of drug-likeness (QED) is 0.575. The minimum absolute atomic E-state index is 0.285. The number of halogens is 1. The molecule has 1 aromatic rings. The molecular formula is C18H23ClO3. The maximum absolute atomic E-state index is 10.8. The van der Waals surface area contributed by atoms with E-state index in [0.29, 0.717) is 18.4 Å². The van der Waals surface area contributed by atoms with Crippen LogP contribution in [0.2, 0.25) is 5.02 Å². The van der Waals surface area contributed by atoms with Crippen molar-refractivity contribution in [2.24, 2.45) is 11.8 Å². The highest BCUT2D eigenvalue weighted by atomic mass is 35.5. The molecule has 120 valence electrons. The molecule has 0 aliphatic heterocycles. The summed E-state index contributed by atoms with van der Waals surface area (Å²) in [7, 11) is 0. The van der Waals surface area contributed by atoms with Gasteiger partial charge >= 0.3 is 5.97 Å². The zero-order valence-corrected chi connectivity index (χ0v) is 13.7. The van der Waals surface area contributed by atoms with E-state index >= 15 is 0 Å². The summed E-state index contributed by atoms with van der Waals surface area (Å²) in [5.41, 5.74) is 1.04. The Kier molecular flexibility index (Phi) is 6.32. The van der Waals surface area contributed by atoms with Crippen molar-refractivity contribution in [3.63, 3.8) is 0 Å². The Morgan fingerprint density at radius 3 is 3.00 bits per heavy atom. The number of allylic oxidation sites excluding steroid dienone is 1. The summed E-state index contributed by atoms with van der Waals surface area (Å²) in [6.07, 6.45) is 8.65. The molecule has 1 aromatic carbocycles. The summed E-state index contributed by atoms with van der Waals surface area (Å²) < 4.78 is 5.67. The summed E-state index contributed by atoms with van der Waals surface area (Å²) in [5.74, 6) is 0.800. The van der Waals surface area contributed by atoms with E-state index in [1.165, 1.54) is 0 Å². The van der Waals surface area contributed by atoms with Crippen LogP contribution in [0.25, 0.3) is 0 Å². The molecule has 3 nitrogen and oxygen atoms in total. The summed E-state index contributed by atoms with van der Waals surface area (Å²) >= 11 is 6.06. The lowest BCUT2D eigenvalue weighted by atomic mass is 9.92. The fraction of sp³-hybridized carbons (Fsp3) is 0.500. The van der Waals surface area contributed by atoms with Gasteiger partial charge in [-0.25, -0.2) is 0 Å². The van der Waals surface area contributed by atoms with E-state index in [0.717, 1.165) is 42.0 Å². The van der Waals surface area contributed by atoms with Gasteiger partial charge in [0.05, 0.1) is 6.61 Å².